The molecule has 1 aliphatic rings. The molecule has 0 fully saturated rings. The van der Waals surface area contributed by atoms with E-state index in [2.05, 4.69) is 168 Å². The minimum atomic E-state index is 1.18. The van der Waals surface area contributed by atoms with Gasteiger partial charge >= 0.3 is 0 Å². The molecule has 8 aromatic carbocycles. The molecule has 214 valence electrons. The Hall–Kier alpha value is -5.57. The van der Waals surface area contributed by atoms with Gasteiger partial charge in [0.25, 0.3) is 0 Å². The van der Waals surface area contributed by atoms with Crippen molar-refractivity contribution in [2.24, 2.45) is 0 Å². The number of fused-ring (bicyclic) bond motifs is 7. The van der Waals surface area contributed by atoms with Crippen LogP contribution in [0.1, 0.15) is 0 Å². The summed E-state index contributed by atoms with van der Waals surface area (Å²) in [5.41, 5.74) is 11.3. The SMILES string of the molecule is c1ccc(-n2c3ccccc3c3ccc4c(-c5ccc(-c6ccc7c(c6)-c6cccc8cccc(c68)S7)cc5)cccc4c32)cc1. The smallest absolute Gasteiger partial charge is 0.0619 e. The van der Waals surface area contributed by atoms with Crippen molar-refractivity contribution in [2.45, 2.75) is 9.79 Å². The first-order chi connectivity index (χ1) is 22.8. The maximum atomic E-state index is 2.42. The minimum Gasteiger partial charge on any atom is -0.309 e. The summed E-state index contributed by atoms with van der Waals surface area (Å²) >= 11 is 1.88. The van der Waals surface area contributed by atoms with E-state index in [0.717, 1.165) is 0 Å². The molecule has 10 rings (SSSR count). The predicted molar refractivity (Wildman–Crippen MR) is 196 cm³/mol. The highest BCUT2D eigenvalue weighted by atomic mass is 32.2. The van der Waals surface area contributed by atoms with Crippen molar-refractivity contribution in [1.29, 1.82) is 0 Å². The molecule has 0 bridgehead atoms. The second kappa shape index (κ2) is 9.97. The van der Waals surface area contributed by atoms with Crippen molar-refractivity contribution in [3.05, 3.63) is 164 Å². The number of benzene rings is 8. The number of aromatic nitrogens is 1. The van der Waals surface area contributed by atoms with Gasteiger partial charge in [-0.3, -0.25) is 0 Å². The van der Waals surface area contributed by atoms with Crippen LogP contribution in [-0.2, 0) is 0 Å². The largest absolute Gasteiger partial charge is 0.309 e. The van der Waals surface area contributed by atoms with Crippen molar-refractivity contribution in [1.82, 2.24) is 4.57 Å². The van der Waals surface area contributed by atoms with Gasteiger partial charge in [-0.25, -0.2) is 0 Å². The van der Waals surface area contributed by atoms with Crippen LogP contribution in [0.25, 0.3) is 82.4 Å². The second-order valence-electron chi connectivity index (χ2n) is 12.1. The van der Waals surface area contributed by atoms with E-state index in [4.69, 9.17) is 0 Å². The zero-order valence-corrected chi connectivity index (χ0v) is 25.8. The van der Waals surface area contributed by atoms with Crippen LogP contribution in [0.5, 0.6) is 0 Å². The molecule has 2 heterocycles. The standard InChI is InChI=1S/C44H27NS/c1-2-11-32(12-3-1)45-40-17-5-4-13-35(40)38-25-24-34-33(14-8-16-37(34)44(38)45)29-21-19-28(20-22-29)31-23-26-41-39(27-31)36-15-6-9-30-10-7-18-42(46-41)43(30)36/h1-27H. The summed E-state index contributed by atoms with van der Waals surface area (Å²) in [6.45, 7) is 0. The van der Waals surface area contributed by atoms with E-state index in [-0.39, 0.29) is 0 Å². The third-order valence-electron chi connectivity index (χ3n) is 9.59. The normalized spacial score (nSPS) is 12.3. The van der Waals surface area contributed by atoms with Gasteiger partial charge in [0.15, 0.2) is 0 Å². The van der Waals surface area contributed by atoms with E-state index in [1.165, 1.54) is 92.2 Å². The van der Waals surface area contributed by atoms with Crippen LogP contribution in [0.3, 0.4) is 0 Å². The first-order valence-electron chi connectivity index (χ1n) is 15.8. The first-order valence-corrected chi connectivity index (χ1v) is 16.6. The third kappa shape index (κ3) is 3.77. The van der Waals surface area contributed by atoms with Gasteiger partial charge in [-0.1, -0.05) is 139 Å². The van der Waals surface area contributed by atoms with Gasteiger partial charge in [-0.2, -0.15) is 0 Å². The Morgan fingerprint density at radius 2 is 1.07 bits per heavy atom. The summed E-state index contributed by atoms with van der Waals surface area (Å²) in [5.74, 6) is 0. The lowest BCUT2D eigenvalue weighted by molar-refractivity contribution is 1.19. The van der Waals surface area contributed by atoms with Crippen molar-refractivity contribution in [3.63, 3.8) is 0 Å². The quantitative estimate of drug-likeness (QED) is 0.195. The van der Waals surface area contributed by atoms with Crippen LogP contribution in [0.2, 0.25) is 0 Å². The van der Waals surface area contributed by atoms with Gasteiger partial charge in [0.05, 0.1) is 11.0 Å². The summed E-state index contributed by atoms with van der Waals surface area (Å²) < 4.78 is 2.42. The Labute approximate surface area is 271 Å². The summed E-state index contributed by atoms with van der Waals surface area (Å²) in [7, 11) is 0. The lowest BCUT2D eigenvalue weighted by Gasteiger charge is -2.21. The maximum Gasteiger partial charge on any atom is 0.0619 e. The molecule has 0 spiro atoms. The highest BCUT2D eigenvalue weighted by Crippen LogP contribution is 2.49. The lowest BCUT2D eigenvalue weighted by atomic mass is 9.93. The van der Waals surface area contributed by atoms with E-state index in [9.17, 15) is 0 Å². The van der Waals surface area contributed by atoms with E-state index in [1.807, 2.05) is 11.8 Å². The van der Waals surface area contributed by atoms with Gasteiger partial charge in [0.2, 0.25) is 0 Å². The molecule has 0 aliphatic carbocycles. The van der Waals surface area contributed by atoms with Crippen molar-refractivity contribution < 1.29 is 0 Å². The van der Waals surface area contributed by atoms with Crippen LogP contribution < -0.4 is 0 Å². The van der Waals surface area contributed by atoms with Gasteiger partial charge in [0, 0.05) is 37.0 Å². The van der Waals surface area contributed by atoms with E-state index in [0.29, 0.717) is 0 Å². The maximum absolute atomic E-state index is 2.42. The third-order valence-corrected chi connectivity index (χ3v) is 10.7. The summed E-state index contributed by atoms with van der Waals surface area (Å²) in [6, 6.07) is 60.2. The molecule has 1 nitrogen and oxygen atoms in total. The number of rotatable bonds is 3. The fraction of sp³-hybridized carbons (Fsp3) is 0. The van der Waals surface area contributed by atoms with E-state index in [1.54, 1.807) is 0 Å². The molecule has 9 aromatic rings. The fourth-order valence-electron chi connectivity index (χ4n) is 7.50. The van der Waals surface area contributed by atoms with Crippen LogP contribution in [0, 0.1) is 0 Å². The summed E-state index contributed by atoms with van der Waals surface area (Å²) in [5, 5.41) is 7.76. The Morgan fingerprint density at radius 1 is 0.391 bits per heavy atom. The summed E-state index contributed by atoms with van der Waals surface area (Å²) in [4.78, 5) is 2.66. The molecular formula is C44H27NS. The van der Waals surface area contributed by atoms with Crippen molar-refractivity contribution in [3.8, 4) is 39.1 Å². The molecule has 46 heavy (non-hydrogen) atoms. The van der Waals surface area contributed by atoms with Gasteiger partial charge in [-0.15, -0.1) is 0 Å². The molecule has 2 heteroatoms. The zero-order chi connectivity index (χ0) is 30.2. The predicted octanol–water partition coefficient (Wildman–Crippen LogP) is 12.6. The highest BCUT2D eigenvalue weighted by molar-refractivity contribution is 7.99. The summed E-state index contributed by atoms with van der Waals surface area (Å²) in [6.07, 6.45) is 0. The van der Waals surface area contributed by atoms with Crippen LogP contribution >= 0.6 is 11.8 Å². The van der Waals surface area contributed by atoms with E-state index >= 15 is 0 Å². The van der Waals surface area contributed by atoms with Crippen LogP contribution in [-0.4, -0.2) is 4.57 Å². The second-order valence-corrected chi connectivity index (χ2v) is 13.2. The molecule has 0 saturated heterocycles. The Kier molecular flexibility index (Phi) is 5.58. The van der Waals surface area contributed by atoms with Crippen LogP contribution in [0.15, 0.2) is 174 Å². The number of para-hydroxylation sites is 2. The molecule has 0 unspecified atom stereocenters. The Morgan fingerprint density at radius 3 is 1.96 bits per heavy atom. The Bertz CT molecular complexity index is 2640. The molecule has 0 N–H and O–H groups in total. The van der Waals surface area contributed by atoms with Crippen LogP contribution in [0.4, 0.5) is 0 Å². The van der Waals surface area contributed by atoms with Crippen molar-refractivity contribution >= 4 is 55.1 Å². The highest BCUT2D eigenvalue weighted by Gasteiger charge is 2.20. The molecular weight excluding hydrogens is 575 g/mol. The molecule has 1 aliphatic heterocycles. The van der Waals surface area contributed by atoms with Gasteiger partial charge in [0.1, 0.15) is 0 Å². The van der Waals surface area contributed by atoms with Crippen molar-refractivity contribution in [2.75, 3.05) is 0 Å². The fourth-order valence-corrected chi connectivity index (χ4v) is 8.63. The Balaban J connectivity index is 1.10. The molecule has 0 amide bonds. The average molecular weight is 602 g/mol. The minimum absolute atomic E-state index is 1.18. The van der Waals surface area contributed by atoms with Gasteiger partial charge in [-0.05, 0) is 80.6 Å². The first kappa shape index (κ1) is 25.7. The molecule has 0 saturated carbocycles. The lowest BCUT2D eigenvalue weighted by Crippen LogP contribution is -1.94. The average Bonchev–Trinajstić information content (AvgIpc) is 3.47. The van der Waals surface area contributed by atoms with E-state index < -0.39 is 0 Å². The monoisotopic (exact) mass is 601 g/mol. The number of hydrogen-bond acceptors (Lipinski definition) is 1. The number of nitrogens with zero attached hydrogens (tertiary/aromatic N) is 1. The molecule has 0 atom stereocenters. The number of hydrogen-bond donors (Lipinski definition) is 0. The van der Waals surface area contributed by atoms with Gasteiger partial charge < -0.3 is 4.57 Å². The molecule has 0 radical (unpaired) electrons. The zero-order valence-electron chi connectivity index (χ0n) is 24.9. The topological polar surface area (TPSA) is 4.93 Å². The molecule has 1 aromatic heterocycles.